The first-order valence-electron chi connectivity index (χ1n) is 12.0. The van der Waals surface area contributed by atoms with Gasteiger partial charge in [-0.25, -0.2) is 19.2 Å². The minimum Gasteiger partial charge on any atom is -0.443 e. The summed E-state index contributed by atoms with van der Waals surface area (Å²) in [5.41, 5.74) is -0.219. The van der Waals surface area contributed by atoms with Crippen molar-refractivity contribution in [1.82, 2.24) is 29.9 Å². The van der Waals surface area contributed by atoms with E-state index >= 15 is 0 Å². The first kappa shape index (κ1) is 23.9. The Hall–Kier alpha value is -3.42. The lowest BCUT2D eigenvalue weighted by molar-refractivity contribution is -0.141. The molecule has 3 aromatic rings. The van der Waals surface area contributed by atoms with Gasteiger partial charge in [-0.05, 0) is 38.0 Å². The van der Waals surface area contributed by atoms with Gasteiger partial charge in [0.1, 0.15) is 17.9 Å². The van der Waals surface area contributed by atoms with Crippen LogP contribution in [0.15, 0.2) is 18.3 Å². The summed E-state index contributed by atoms with van der Waals surface area (Å²) in [7, 11) is 1.46. The number of aromatic nitrogens is 5. The van der Waals surface area contributed by atoms with Gasteiger partial charge in [-0.1, -0.05) is 0 Å². The van der Waals surface area contributed by atoms with Gasteiger partial charge in [-0.15, -0.1) is 0 Å². The Morgan fingerprint density at radius 3 is 2.70 bits per heavy atom. The van der Waals surface area contributed by atoms with Crippen molar-refractivity contribution in [2.24, 2.45) is 5.92 Å². The molecule has 3 aromatic heterocycles. The molecule has 3 heterocycles. The molecule has 7 rings (SSSR count). The number of nitrogens with zero attached hydrogens (tertiary/aromatic N) is 4. The Morgan fingerprint density at radius 1 is 1.24 bits per heavy atom. The highest BCUT2D eigenvalue weighted by Crippen LogP contribution is 2.57. The van der Waals surface area contributed by atoms with Crippen LogP contribution in [0.3, 0.4) is 0 Å². The zero-order chi connectivity index (χ0) is 25.9. The lowest BCUT2D eigenvalue weighted by Gasteiger charge is -2.61. The van der Waals surface area contributed by atoms with E-state index in [-0.39, 0.29) is 48.3 Å². The number of fused-ring (bicyclic) bond motifs is 1. The molecule has 4 aliphatic rings. The number of nitrogens with one attached hydrogen (secondary N) is 3. The summed E-state index contributed by atoms with van der Waals surface area (Å²) in [6.45, 7) is 0.115. The molecule has 4 fully saturated rings. The van der Waals surface area contributed by atoms with Crippen LogP contribution in [0, 0.1) is 5.92 Å². The topological polar surface area (TPSA) is 118 Å². The van der Waals surface area contributed by atoms with Crippen LogP contribution in [0.1, 0.15) is 55.1 Å². The SMILES string of the molecule is COCc1cn2c(Nc3cc([C@H]4C[C@@H](F)[C@@H](OC(=O)NC56CC(C5)C6)C4)[nH]n3)nc(C(F)(F)F)cc2n1. The number of halogens is 4. The number of carbonyl (C=O) groups excluding carboxylic acids is 1. The first-order chi connectivity index (χ1) is 17.6. The van der Waals surface area contributed by atoms with Gasteiger partial charge in [0, 0.05) is 42.6 Å². The number of carbonyl (C=O) groups is 1. The van der Waals surface area contributed by atoms with Gasteiger partial charge in [-0.3, -0.25) is 9.50 Å². The summed E-state index contributed by atoms with van der Waals surface area (Å²) in [5.74, 6) is 0.448. The third kappa shape index (κ3) is 4.47. The maximum atomic E-state index is 14.7. The number of aromatic amines is 1. The zero-order valence-corrected chi connectivity index (χ0v) is 19.8. The van der Waals surface area contributed by atoms with E-state index in [2.05, 4.69) is 30.8 Å². The Labute approximate surface area is 208 Å². The predicted molar refractivity (Wildman–Crippen MR) is 121 cm³/mol. The second-order valence-corrected chi connectivity index (χ2v) is 10.2. The number of hydrogen-bond acceptors (Lipinski definition) is 7. The standard InChI is InChI=1S/C23H25F4N7O3/c1-36-10-13-9-34-19(28-13)5-17(23(25,26)27)29-20(34)30-18-4-15(32-33-18)12-2-14(24)16(3-12)37-21(35)31-22-6-11(7-22)8-22/h4-5,9,11-12,14,16H,2-3,6-8,10H2,1H3,(H,31,35)(H2,29,30,32,33)/t11?,12-,14+,16-,22?/m0/s1. The summed E-state index contributed by atoms with van der Waals surface area (Å²) in [6, 6.07) is 2.44. The van der Waals surface area contributed by atoms with Crippen molar-refractivity contribution >= 4 is 23.5 Å². The van der Waals surface area contributed by atoms with Crippen LogP contribution < -0.4 is 10.6 Å². The van der Waals surface area contributed by atoms with E-state index in [1.165, 1.54) is 17.7 Å². The first-order valence-corrected chi connectivity index (χ1v) is 12.0. The van der Waals surface area contributed by atoms with Crippen molar-refractivity contribution < 1.29 is 31.8 Å². The van der Waals surface area contributed by atoms with Crippen molar-refractivity contribution in [3.63, 3.8) is 0 Å². The molecule has 3 atom stereocenters. The normalized spacial score (nSPS) is 28.6. The number of ether oxygens (including phenoxy) is 2. The molecule has 198 valence electrons. The van der Waals surface area contributed by atoms with E-state index in [1.54, 1.807) is 6.07 Å². The van der Waals surface area contributed by atoms with Crippen molar-refractivity contribution in [2.75, 3.05) is 12.4 Å². The highest BCUT2D eigenvalue weighted by molar-refractivity contribution is 5.69. The molecule has 4 aliphatic carbocycles. The Morgan fingerprint density at radius 2 is 2.03 bits per heavy atom. The van der Waals surface area contributed by atoms with Crippen LogP contribution in [0.2, 0.25) is 0 Å². The minimum absolute atomic E-state index is 0.0424. The van der Waals surface area contributed by atoms with Crippen molar-refractivity contribution in [3.05, 3.63) is 35.4 Å². The summed E-state index contributed by atoms with van der Waals surface area (Å²) < 4.78 is 66.7. The Balaban J connectivity index is 1.16. The fourth-order valence-electron chi connectivity index (χ4n) is 5.55. The molecule has 0 aliphatic heterocycles. The molecule has 0 unspecified atom stereocenters. The van der Waals surface area contributed by atoms with Gasteiger partial charge in [0.05, 0.1) is 12.3 Å². The molecular weight excluding hydrogens is 498 g/mol. The van der Waals surface area contributed by atoms with E-state index in [1.807, 2.05) is 0 Å². The molecule has 0 radical (unpaired) electrons. The summed E-state index contributed by atoms with van der Waals surface area (Å²) in [4.78, 5) is 20.1. The van der Waals surface area contributed by atoms with E-state index in [9.17, 15) is 22.4 Å². The number of imidazole rings is 1. The number of hydrogen-bond donors (Lipinski definition) is 3. The minimum atomic E-state index is -4.68. The molecule has 0 saturated heterocycles. The molecule has 37 heavy (non-hydrogen) atoms. The van der Waals surface area contributed by atoms with Gasteiger partial charge in [0.15, 0.2) is 11.5 Å². The zero-order valence-electron chi connectivity index (χ0n) is 19.8. The van der Waals surface area contributed by atoms with Gasteiger partial charge in [-0.2, -0.15) is 18.3 Å². The molecule has 1 amide bonds. The quantitative estimate of drug-likeness (QED) is 0.397. The lowest BCUT2D eigenvalue weighted by atomic mass is 9.50. The van der Waals surface area contributed by atoms with Gasteiger partial charge >= 0.3 is 12.3 Å². The highest BCUT2D eigenvalue weighted by Gasteiger charge is 2.58. The van der Waals surface area contributed by atoms with Crippen LogP contribution in [0.4, 0.5) is 34.1 Å². The van der Waals surface area contributed by atoms with Crippen LogP contribution >= 0.6 is 0 Å². The van der Waals surface area contributed by atoms with Crippen LogP contribution in [-0.4, -0.2) is 55.6 Å². The molecule has 0 spiro atoms. The number of alkyl carbamates (subject to hydrolysis) is 1. The summed E-state index contributed by atoms with van der Waals surface area (Å²) >= 11 is 0. The lowest BCUT2D eigenvalue weighted by Crippen LogP contribution is -2.68. The highest BCUT2D eigenvalue weighted by atomic mass is 19.4. The average molecular weight is 523 g/mol. The second kappa shape index (κ2) is 8.57. The van der Waals surface area contributed by atoms with E-state index in [0.717, 1.165) is 25.3 Å². The predicted octanol–water partition coefficient (Wildman–Crippen LogP) is 4.22. The molecule has 0 aromatic carbocycles. The van der Waals surface area contributed by atoms with Crippen molar-refractivity contribution in [2.45, 2.75) is 68.6 Å². The molecule has 3 N–H and O–H groups in total. The number of H-pyrrole nitrogens is 1. The van der Waals surface area contributed by atoms with Crippen molar-refractivity contribution in [1.29, 1.82) is 0 Å². The summed E-state index contributed by atoms with van der Waals surface area (Å²) in [6.07, 6.45) is -2.71. The maximum absolute atomic E-state index is 14.7. The number of amides is 1. The van der Waals surface area contributed by atoms with Crippen molar-refractivity contribution in [3.8, 4) is 0 Å². The second-order valence-electron chi connectivity index (χ2n) is 10.2. The largest absolute Gasteiger partial charge is 0.443 e. The number of anilines is 2. The van der Waals surface area contributed by atoms with E-state index in [4.69, 9.17) is 9.47 Å². The maximum Gasteiger partial charge on any atom is 0.433 e. The molecule has 4 saturated carbocycles. The fraction of sp³-hybridized carbons (Fsp3) is 0.565. The Kier molecular flexibility index (Phi) is 5.55. The molecule has 2 bridgehead atoms. The number of rotatable bonds is 7. The van der Waals surface area contributed by atoms with Crippen LogP contribution in [0.25, 0.3) is 5.65 Å². The van der Waals surface area contributed by atoms with E-state index in [0.29, 0.717) is 17.3 Å². The average Bonchev–Trinajstić information content (AvgIpc) is 3.48. The van der Waals surface area contributed by atoms with E-state index < -0.39 is 30.2 Å². The number of methoxy groups -OCH3 is 1. The number of alkyl halides is 4. The third-order valence-corrected chi connectivity index (χ3v) is 7.46. The van der Waals surface area contributed by atoms with Gasteiger partial charge < -0.3 is 20.1 Å². The fourth-order valence-corrected chi connectivity index (χ4v) is 5.55. The molecule has 14 heteroatoms. The van der Waals surface area contributed by atoms with Gasteiger partial charge in [0.25, 0.3) is 0 Å². The Bertz CT molecular complexity index is 1320. The summed E-state index contributed by atoms with van der Waals surface area (Å²) in [5, 5.41) is 12.6. The van der Waals surface area contributed by atoms with Crippen LogP contribution in [-0.2, 0) is 22.3 Å². The van der Waals surface area contributed by atoms with Gasteiger partial charge in [0.2, 0.25) is 5.95 Å². The third-order valence-electron chi connectivity index (χ3n) is 7.46. The molecule has 10 nitrogen and oxygen atoms in total. The monoisotopic (exact) mass is 523 g/mol. The van der Waals surface area contributed by atoms with Crippen LogP contribution in [0.5, 0.6) is 0 Å². The molecular formula is C23H25F4N7O3. The smallest absolute Gasteiger partial charge is 0.433 e.